The molecule has 0 aliphatic carbocycles. The zero-order valence-electron chi connectivity index (χ0n) is 15.0. The Kier molecular flexibility index (Phi) is 8.69. The Labute approximate surface area is 144 Å². The smallest absolute Gasteiger partial charge is 0.191 e. The van der Waals surface area contributed by atoms with Crippen molar-refractivity contribution in [2.45, 2.75) is 32.1 Å². The van der Waals surface area contributed by atoms with Gasteiger partial charge in [0.05, 0.1) is 26.8 Å². The second kappa shape index (κ2) is 10.3. The molecule has 1 rings (SSSR count). The highest BCUT2D eigenvalue weighted by atomic mass is 32.2. The molecule has 1 aromatic carbocycles. The zero-order valence-corrected chi connectivity index (χ0v) is 15.8. The van der Waals surface area contributed by atoms with Crippen LogP contribution in [0.5, 0.6) is 11.5 Å². The van der Waals surface area contributed by atoms with Crippen LogP contribution >= 0.6 is 11.8 Å². The Balaban J connectivity index is 2.91. The first-order valence-electron chi connectivity index (χ1n) is 7.85. The van der Waals surface area contributed by atoms with Crippen molar-refractivity contribution in [1.29, 1.82) is 0 Å². The van der Waals surface area contributed by atoms with Crippen molar-refractivity contribution < 1.29 is 9.47 Å². The zero-order chi connectivity index (χ0) is 17.2. The summed E-state index contributed by atoms with van der Waals surface area (Å²) in [6, 6.07) is 5.85. The summed E-state index contributed by atoms with van der Waals surface area (Å²) in [7, 11) is 3.34. The topological polar surface area (TPSA) is 54.9 Å². The Bertz CT molecular complexity index is 509. The Morgan fingerprint density at radius 2 is 2.00 bits per heavy atom. The fraction of sp³-hybridized carbons (Fsp3) is 0.588. The number of hydrogen-bond acceptors (Lipinski definition) is 4. The molecule has 6 heteroatoms. The van der Waals surface area contributed by atoms with E-state index in [2.05, 4.69) is 42.7 Å². The van der Waals surface area contributed by atoms with Crippen molar-refractivity contribution in [3.63, 3.8) is 0 Å². The molecule has 0 fully saturated rings. The highest BCUT2D eigenvalue weighted by Gasteiger charge is 2.14. The van der Waals surface area contributed by atoms with Crippen LogP contribution in [0.4, 0.5) is 0 Å². The number of methoxy groups -OCH3 is 2. The van der Waals surface area contributed by atoms with E-state index >= 15 is 0 Å². The molecule has 2 atom stereocenters. The van der Waals surface area contributed by atoms with Gasteiger partial charge in [-0.1, -0.05) is 6.92 Å². The lowest BCUT2D eigenvalue weighted by atomic mass is 10.1. The number of benzene rings is 1. The summed E-state index contributed by atoms with van der Waals surface area (Å²) in [5, 5.41) is 7.21. The molecule has 0 bridgehead atoms. The molecule has 0 radical (unpaired) electrons. The van der Waals surface area contributed by atoms with Gasteiger partial charge in [-0.2, -0.15) is 11.8 Å². The predicted molar refractivity (Wildman–Crippen MR) is 100 cm³/mol. The number of ether oxygens (including phenoxy) is 2. The average Bonchev–Trinajstić information content (AvgIpc) is 2.58. The van der Waals surface area contributed by atoms with E-state index in [1.165, 1.54) is 0 Å². The highest BCUT2D eigenvalue weighted by molar-refractivity contribution is 7.99. The summed E-state index contributed by atoms with van der Waals surface area (Å²) in [5.74, 6) is 2.46. The summed E-state index contributed by atoms with van der Waals surface area (Å²) in [4.78, 5) is 4.65. The number of hydrogen-bond donors (Lipinski definition) is 2. The molecule has 0 aromatic heterocycles. The molecule has 0 aliphatic rings. The van der Waals surface area contributed by atoms with Crippen molar-refractivity contribution in [2.24, 2.45) is 4.99 Å². The minimum atomic E-state index is 0.0439. The Morgan fingerprint density at radius 3 is 2.57 bits per heavy atom. The summed E-state index contributed by atoms with van der Waals surface area (Å²) in [6.07, 6.45) is 2.10. The molecule has 5 nitrogen and oxygen atoms in total. The van der Waals surface area contributed by atoms with Gasteiger partial charge in [-0.15, -0.1) is 0 Å². The number of nitrogens with one attached hydrogen (secondary N) is 2. The first-order valence-corrected chi connectivity index (χ1v) is 9.14. The summed E-state index contributed by atoms with van der Waals surface area (Å²) in [5.41, 5.74) is 1.04. The van der Waals surface area contributed by atoms with Gasteiger partial charge >= 0.3 is 0 Å². The van der Waals surface area contributed by atoms with Crippen molar-refractivity contribution >= 4 is 17.7 Å². The van der Waals surface area contributed by atoms with E-state index < -0.39 is 0 Å². The number of aliphatic imine (C=N–C) groups is 1. The van der Waals surface area contributed by atoms with Crippen LogP contribution in [-0.4, -0.2) is 44.8 Å². The van der Waals surface area contributed by atoms with Crippen molar-refractivity contribution in [2.75, 3.05) is 33.6 Å². The van der Waals surface area contributed by atoms with Gasteiger partial charge in [0.2, 0.25) is 0 Å². The number of guanidine groups is 1. The lowest BCUT2D eigenvalue weighted by molar-refractivity contribution is 0.394. The standard InChI is InChI=1S/C17H29N3O2S/c1-7-18-17(19-11-12(2)23-6)20-13(3)15-10-14(21-4)8-9-16(15)22-5/h8-10,12-13H,7,11H2,1-6H3,(H2,18,19,20). The maximum atomic E-state index is 5.46. The fourth-order valence-electron chi connectivity index (χ4n) is 2.08. The molecular formula is C17H29N3O2S. The SMILES string of the molecule is CCNC(=NCC(C)SC)NC(C)c1cc(OC)ccc1OC. The maximum absolute atomic E-state index is 5.46. The molecule has 1 aromatic rings. The minimum Gasteiger partial charge on any atom is -0.497 e. The summed E-state index contributed by atoms with van der Waals surface area (Å²) >= 11 is 1.81. The third-order valence-electron chi connectivity index (χ3n) is 3.51. The van der Waals surface area contributed by atoms with E-state index in [1.807, 2.05) is 30.0 Å². The third kappa shape index (κ3) is 6.22. The van der Waals surface area contributed by atoms with E-state index in [-0.39, 0.29) is 6.04 Å². The second-order valence-corrected chi connectivity index (χ2v) is 6.52. The number of thioether (sulfide) groups is 1. The Hall–Kier alpha value is -1.56. The van der Waals surface area contributed by atoms with Gasteiger partial charge in [0.15, 0.2) is 5.96 Å². The van der Waals surface area contributed by atoms with Gasteiger partial charge in [0.1, 0.15) is 11.5 Å². The van der Waals surface area contributed by atoms with Crippen molar-refractivity contribution in [3.05, 3.63) is 23.8 Å². The van der Waals surface area contributed by atoms with Gasteiger partial charge in [-0.05, 0) is 38.3 Å². The van der Waals surface area contributed by atoms with Crippen LogP contribution in [-0.2, 0) is 0 Å². The molecular weight excluding hydrogens is 310 g/mol. The molecule has 2 unspecified atom stereocenters. The van der Waals surface area contributed by atoms with Gasteiger partial charge in [0, 0.05) is 17.4 Å². The molecule has 23 heavy (non-hydrogen) atoms. The van der Waals surface area contributed by atoms with Crippen LogP contribution in [0.1, 0.15) is 32.4 Å². The molecule has 0 aliphatic heterocycles. The van der Waals surface area contributed by atoms with Gasteiger partial charge in [-0.25, -0.2) is 0 Å². The van der Waals surface area contributed by atoms with Gasteiger partial charge < -0.3 is 20.1 Å². The molecule has 0 amide bonds. The average molecular weight is 340 g/mol. The van der Waals surface area contributed by atoms with E-state index in [0.717, 1.165) is 36.1 Å². The van der Waals surface area contributed by atoms with Crippen LogP contribution < -0.4 is 20.1 Å². The summed E-state index contributed by atoms with van der Waals surface area (Å²) < 4.78 is 10.8. The van der Waals surface area contributed by atoms with E-state index in [0.29, 0.717) is 5.25 Å². The minimum absolute atomic E-state index is 0.0439. The van der Waals surface area contributed by atoms with Crippen LogP contribution in [0.3, 0.4) is 0 Å². The number of rotatable bonds is 8. The van der Waals surface area contributed by atoms with E-state index in [9.17, 15) is 0 Å². The molecule has 0 heterocycles. The van der Waals surface area contributed by atoms with E-state index in [1.54, 1.807) is 14.2 Å². The van der Waals surface area contributed by atoms with Crippen LogP contribution in [0.15, 0.2) is 23.2 Å². The first-order chi connectivity index (χ1) is 11.0. The van der Waals surface area contributed by atoms with E-state index in [4.69, 9.17) is 9.47 Å². The van der Waals surface area contributed by atoms with Crippen molar-refractivity contribution in [3.8, 4) is 11.5 Å². The highest BCUT2D eigenvalue weighted by Crippen LogP contribution is 2.29. The van der Waals surface area contributed by atoms with Gasteiger partial charge in [0.25, 0.3) is 0 Å². The van der Waals surface area contributed by atoms with Gasteiger partial charge in [-0.3, -0.25) is 4.99 Å². The maximum Gasteiger partial charge on any atom is 0.191 e. The quantitative estimate of drug-likeness (QED) is 0.563. The fourth-order valence-corrected chi connectivity index (χ4v) is 2.30. The third-order valence-corrected chi connectivity index (χ3v) is 4.46. The van der Waals surface area contributed by atoms with Crippen LogP contribution in [0.25, 0.3) is 0 Å². The van der Waals surface area contributed by atoms with Crippen LogP contribution in [0, 0.1) is 0 Å². The molecule has 2 N–H and O–H groups in total. The largest absolute Gasteiger partial charge is 0.497 e. The van der Waals surface area contributed by atoms with Crippen molar-refractivity contribution in [1.82, 2.24) is 10.6 Å². The predicted octanol–water partition coefficient (Wildman–Crippen LogP) is 3.07. The molecule has 0 saturated carbocycles. The Morgan fingerprint density at radius 1 is 1.26 bits per heavy atom. The molecule has 130 valence electrons. The lowest BCUT2D eigenvalue weighted by Crippen LogP contribution is -2.39. The van der Waals surface area contributed by atoms with Crippen LogP contribution in [0.2, 0.25) is 0 Å². The normalized spacial score (nSPS) is 14.1. The molecule has 0 spiro atoms. The monoisotopic (exact) mass is 339 g/mol. The summed E-state index contributed by atoms with van der Waals surface area (Å²) in [6.45, 7) is 7.92. The second-order valence-electron chi connectivity index (χ2n) is 5.24. The first kappa shape index (κ1) is 19.5. The lowest BCUT2D eigenvalue weighted by Gasteiger charge is -2.21. The molecule has 0 saturated heterocycles. The number of nitrogens with zero attached hydrogens (tertiary/aromatic N) is 1.